The maximum atomic E-state index is 13.2. The number of rotatable bonds is 8. The molecule has 0 saturated carbocycles. The first-order valence-corrected chi connectivity index (χ1v) is 11.9. The van der Waals surface area contributed by atoms with E-state index >= 15 is 0 Å². The van der Waals surface area contributed by atoms with Crippen LogP contribution in [0.3, 0.4) is 0 Å². The number of methoxy groups -OCH3 is 1. The number of nitrogens with zero attached hydrogens (tertiary/aromatic N) is 2. The topological polar surface area (TPSA) is 82.5 Å². The molecule has 1 N–H and O–H groups in total. The van der Waals surface area contributed by atoms with E-state index in [0.29, 0.717) is 40.4 Å². The number of carbonyl (C=O) groups is 1. The lowest BCUT2D eigenvalue weighted by Crippen LogP contribution is -2.33. The third-order valence-corrected chi connectivity index (χ3v) is 6.84. The first-order chi connectivity index (χ1) is 16.4. The molecule has 2 aromatic carbocycles. The normalized spacial score (nSPS) is 14.8. The minimum atomic E-state index is -0.437. The van der Waals surface area contributed by atoms with Gasteiger partial charge in [0.2, 0.25) is 5.91 Å². The summed E-state index contributed by atoms with van der Waals surface area (Å²) in [7, 11) is 3.37. The number of hydrogen-bond acceptors (Lipinski definition) is 6. The molecule has 34 heavy (non-hydrogen) atoms. The van der Waals surface area contributed by atoms with Gasteiger partial charge in [0.25, 0.3) is 5.56 Å². The molecule has 1 aliphatic heterocycles. The summed E-state index contributed by atoms with van der Waals surface area (Å²) in [5, 5.41) is 3.44. The van der Waals surface area contributed by atoms with Crippen LogP contribution in [-0.2, 0) is 17.6 Å². The van der Waals surface area contributed by atoms with Gasteiger partial charge in [-0.3, -0.25) is 9.59 Å². The summed E-state index contributed by atoms with van der Waals surface area (Å²) in [5.41, 5.74) is 3.26. The summed E-state index contributed by atoms with van der Waals surface area (Å²) in [6.07, 6.45) is 1.80. The number of fused-ring (bicyclic) bond motifs is 1. The van der Waals surface area contributed by atoms with Crippen molar-refractivity contribution < 1.29 is 14.3 Å². The van der Waals surface area contributed by atoms with Gasteiger partial charge in [0.1, 0.15) is 12.4 Å². The Balaban J connectivity index is 1.68. The van der Waals surface area contributed by atoms with Crippen molar-refractivity contribution in [3.63, 3.8) is 0 Å². The summed E-state index contributed by atoms with van der Waals surface area (Å²) in [6, 6.07) is 13.7. The van der Waals surface area contributed by atoms with Gasteiger partial charge in [-0.1, -0.05) is 60.3 Å². The molecule has 0 spiro atoms. The second-order valence-electron chi connectivity index (χ2n) is 8.11. The van der Waals surface area contributed by atoms with Crippen LogP contribution in [0.5, 0.6) is 11.5 Å². The minimum absolute atomic E-state index is 0.149. The van der Waals surface area contributed by atoms with Gasteiger partial charge in [-0.15, -0.1) is 0 Å². The van der Waals surface area contributed by atoms with E-state index in [4.69, 9.17) is 9.47 Å². The Kier molecular flexibility index (Phi) is 7.07. The van der Waals surface area contributed by atoms with Crippen LogP contribution in [0.15, 0.2) is 65.1 Å². The molecule has 4 rings (SSSR count). The van der Waals surface area contributed by atoms with E-state index in [0.717, 1.165) is 11.1 Å². The van der Waals surface area contributed by atoms with Gasteiger partial charge in [0.15, 0.2) is 16.7 Å². The SMILES string of the molecule is C=CCOc1ccc([C@H]2CC(=O)Nc3c2c(=O)nc(SCc2ccc(C)cc2)n3C)cc1OC. The molecule has 1 amide bonds. The Morgan fingerprint density at radius 2 is 1.97 bits per heavy atom. The number of hydrogen-bond donors (Lipinski definition) is 1. The fourth-order valence-corrected chi connectivity index (χ4v) is 4.87. The fraction of sp³-hybridized carbons (Fsp3) is 0.269. The Morgan fingerprint density at radius 3 is 2.68 bits per heavy atom. The lowest BCUT2D eigenvalue weighted by molar-refractivity contribution is -0.116. The van der Waals surface area contributed by atoms with Gasteiger partial charge < -0.3 is 19.4 Å². The average Bonchev–Trinajstić information content (AvgIpc) is 2.84. The lowest BCUT2D eigenvalue weighted by Gasteiger charge is -2.28. The number of carbonyl (C=O) groups excluding carboxylic acids is 1. The third-order valence-electron chi connectivity index (χ3n) is 5.74. The van der Waals surface area contributed by atoms with E-state index in [1.54, 1.807) is 23.8 Å². The number of nitrogens with one attached hydrogen (secondary N) is 1. The van der Waals surface area contributed by atoms with Crippen molar-refractivity contribution >= 4 is 23.5 Å². The maximum Gasteiger partial charge on any atom is 0.279 e. The van der Waals surface area contributed by atoms with E-state index in [1.165, 1.54) is 17.3 Å². The Morgan fingerprint density at radius 1 is 1.21 bits per heavy atom. The Hall–Kier alpha value is -3.52. The first kappa shape index (κ1) is 23.6. The van der Waals surface area contributed by atoms with Crippen LogP contribution in [0.25, 0.3) is 0 Å². The van der Waals surface area contributed by atoms with Crippen molar-refractivity contribution in [2.75, 3.05) is 19.0 Å². The van der Waals surface area contributed by atoms with Crippen LogP contribution in [-0.4, -0.2) is 29.2 Å². The number of amides is 1. The number of thioether (sulfide) groups is 1. The number of anilines is 1. The summed E-state index contributed by atoms with van der Waals surface area (Å²) in [5.74, 6) is 1.66. The smallest absolute Gasteiger partial charge is 0.279 e. The molecule has 0 aliphatic carbocycles. The molecule has 3 aromatic rings. The summed E-state index contributed by atoms with van der Waals surface area (Å²) >= 11 is 1.46. The highest BCUT2D eigenvalue weighted by Gasteiger charge is 2.32. The number of benzene rings is 2. The maximum absolute atomic E-state index is 13.2. The number of ether oxygens (including phenoxy) is 2. The average molecular weight is 478 g/mol. The molecule has 0 fully saturated rings. The summed E-state index contributed by atoms with van der Waals surface area (Å²) in [4.78, 5) is 30.2. The van der Waals surface area contributed by atoms with Crippen LogP contribution in [0.2, 0.25) is 0 Å². The molecule has 1 atom stereocenters. The molecule has 7 nitrogen and oxygen atoms in total. The highest BCUT2D eigenvalue weighted by molar-refractivity contribution is 7.98. The molecule has 176 valence electrons. The lowest BCUT2D eigenvalue weighted by atomic mass is 9.86. The zero-order chi connectivity index (χ0) is 24.2. The van der Waals surface area contributed by atoms with E-state index in [2.05, 4.69) is 41.1 Å². The predicted molar refractivity (Wildman–Crippen MR) is 134 cm³/mol. The van der Waals surface area contributed by atoms with Crippen molar-refractivity contribution in [3.8, 4) is 11.5 Å². The Bertz CT molecular complexity index is 1280. The fourth-order valence-electron chi connectivity index (χ4n) is 3.95. The molecular weight excluding hydrogens is 450 g/mol. The van der Waals surface area contributed by atoms with Crippen LogP contribution < -0.4 is 20.3 Å². The van der Waals surface area contributed by atoms with Crippen LogP contribution >= 0.6 is 11.8 Å². The van der Waals surface area contributed by atoms with E-state index < -0.39 is 5.92 Å². The van der Waals surface area contributed by atoms with Crippen molar-refractivity contribution in [2.24, 2.45) is 7.05 Å². The number of aryl methyl sites for hydroxylation is 1. The molecule has 8 heteroatoms. The molecule has 1 aromatic heterocycles. The standard InChI is InChI=1S/C26H27N3O4S/c1-5-12-33-20-11-10-18(13-21(20)32-4)19-14-22(30)27-24-23(19)25(31)28-26(29(24)3)34-15-17-8-6-16(2)7-9-17/h5-11,13,19H,1,12,14-15H2,2-4H3,(H,27,30)/t19-/m1/s1. The van der Waals surface area contributed by atoms with Crippen LogP contribution in [0.4, 0.5) is 5.82 Å². The Labute approximate surface area is 202 Å². The van der Waals surface area contributed by atoms with Crippen LogP contribution in [0, 0.1) is 6.92 Å². The zero-order valence-electron chi connectivity index (χ0n) is 19.5. The molecule has 0 bridgehead atoms. The molecular formula is C26H27N3O4S. The van der Waals surface area contributed by atoms with Crippen molar-refractivity contribution in [1.82, 2.24) is 9.55 Å². The predicted octanol–water partition coefficient (Wildman–Crippen LogP) is 4.43. The zero-order valence-corrected chi connectivity index (χ0v) is 20.3. The molecule has 0 saturated heterocycles. The van der Waals surface area contributed by atoms with Gasteiger partial charge >= 0.3 is 0 Å². The minimum Gasteiger partial charge on any atom is -0.493 e. The van der Waals surface area contributed by atoms with Gasteiger partial charge in [-0.25, -0.2) is 0 Å². The van der Waals surface area contributed by atoms with Gasteiger partial charge in [-0.05, 0) is 30.2 Å². The summed E-state index contributed by atoms with van der Waals surface area (Å²) < 4.78 is 12.9. The highest BCUT2D eigenvalue weighted by Crippen LogP contribution is 2.39. The van der Waals surface area contributed by atoms with Gasteiger partial charge in [0, 0.05) is 25.1 Å². The molecule has 2 heterocycles. The van der Waals surface area contributed by atoms with Crippen LogP contribution in [0.1, 0.15) is 34.6 Å². The van der Waals surface area contributed by atoms with E-state index in [-0.39, 0.29) is 17.9 Å². The second kappa shape index (κ2) is 10.2. The van der Waals surface area contributed by atoms with Crippen molar-refractivity contribution in [1.29, 1.82) is 0 Å². The third kappa shape index (κ3) is 4.87. The first-order valence-electron chi connectivity index (χ1n) is 10.9. The number of aromatic nitrogens is 2. The molecule has 0 radical (unpaired) electrons. The summed E-state index contributed by atoms with van der Waals surface area (Å²) in [6.45, 7) is 6.05. The molecule has 1 aliphatic rings. The van der Waals surface area contributed by atoms with Crippen molar-refractivity contribution in [2.45, 2.75) is 30.2 Å². The quantitative estimate of drug-likeness (QED) is 0.294. The monoisotopic (exact) mass is 477 g/mol. The molecule has 0 unspecified atom stereocenters. The van der Waals surface area contributed by atoms with Gasteiger partial charge in [0.05, 0.1) is 12.7 Å². The van der Waals surface area contributed by atoms with Gasteiger partial charge in [-0.2, -0.15) is 4.98 Å². The van der Waals surface area contributed by atoms with E-state index in [9.17, 15) is 9.59 Å². The second-order valence-corrected chi connectivity index (χ2v) is 9.05. The van der Waals surface area contributed by atoms with E-state index in [1.807, 2.05) is 26.1 Å². The highest BCUT2D eigenvalue weighted by atomic mass is 32.2. The van der Waals surface area contributed by atoms with Crippen molar-refractivity contribution in [3.05, 3.63) is 87.7 Å². The largest absolute Gasteiger partial charge is 0.493 e.